The molecule has 2 aliphatic heterocycles. The van der Waals surface area contributed by atoms with Crippen molar-refractivity contribution in [3.63, 3.8) is 0 Å². The van der Waals surface area contributed by atoms with E-state index in [1.807, 2.05) is 11.0 Å². The van der Waals surface area contributed by atoms with Crippen LogP contribution in [-0.2, 0) is 4.79 Å². The number of benzene rings is 2. The van der Waals surface area contributed by atoms with Crippen LogP contribution in [0.1, 0.15) is 31.2 Å². The van der Waals surface area contributed by atoms with Crippen LogP contribution in [0.4, 0.5) is 23.7 Å². The van der Waals surface area contributed by atoms with Gasteiger partial charge in [-0.05, 0) is 73.9 Å². The van der Waals surface area contributed by atoms with Gasteiger partial charge in [-0.25, -0.2) is 18.0 Å². The van der Waals surface area contributed by atoms with E-state index in [1.54, 1.807) is 30.3 Å². The molecule has 1 aromatic heterocycles. The molecule has 0 radical (unpaired) electrons. The third-order valence-electron chi connectivity index (χ3n) is 8.05. The fourth-order valence-corrected chi connectivity index (χ4v) is 5.92. The smallest absolute Gasteiger partial charge is 0.410 e. The summed E-state index contributed by atoms with van der Waals surface area (Å²) in [4.78, 5) is 36.3. The van der Waals surface area contributed by atoms with Crippen LogP contribution in [0.2, 0.25) is 0 Å². The first-order valence-electron chi connectivity index (χ1n) is 13.8. The third-order valence-corrected chi connectivity index (χ3v) is 8.05. The van der Waals surface area contributed by atoms with E-state index >= 15 is 0 Å². The second-order valence-corrected chi connectivity index (χ2v) is 10.5. The fourth-order valence-electron chi connectivity index (χ4n) is 5.92. The molecular weight excluding hydrogens is 547 g/mol. The van der Waals surface area contributed by atoms with Gasteiger partial charge in [0.1, 0.15) is 17.6 Å². The molecule has 2 unspecified atom stereocenters. The Labute approximate surface area is 241 Å². The van der Waals surface area contributed by atoms with Crippen LogP contribution in [0.15, 0.2) is 67.0 Å². The molecule has 0 aliphatic carbocycles. The number of halogens is 3. The van der Waals surface area contributed by atoms with Crippen LogP contribution in [0, 0.1) is 34.7 Å². The number of nitrogens with zero attached hydrogens (tertiary/aromatic N) is 5. The average molecular weight is 578 g/mol. The number of hydrogen-bond donors (Lipinski definition) is 0. The summed E-state index contributed by atoms with van der Waals surface area (Å²) in [5, 5.41) is 9.89. The monoisotopic (exact) mass is 577 g/mol. The van der Waals surface area contributed by atoms with Gasteiger partial charge in [-0.2, -0.15) is 5.26 Å². The molecule has 0 N–H and O–H groups in total. The Bertz CT molecular complexity index is 1470. The maximum Gasteiger partial charge on any atom is 0.415 e. The zero-order valence-corrected chi connectivity index (χ0v) is 23.0. The highest BCUT2D eigenvalue weighted by Gasteiger charge is 2.44. The van der Waals surface area contributed by atoms with Crippen LogP contribution in [-0.4, -0.2) is 65.0 Å². The molecule has 4 atom stereocenters. The summed E-state index contributed by atoms with van der Waals surface area (Å²) >= 11 is 0. The summed E-state index contributed by atoms with van der Waals surface area (Å²) in [6.07, 6.45) is 3.49. The van der Waals surface area contributed by atoms with Gasteiger partial charge < -0.3 is 19.4 Å². The van der Waals surface area contributed by atoms with Crippen LogP contribution >= 0.6 is 0 Å². The summed E-state index contributed by atoms with van der Waals surface area (Å²) in [5.41, 5.74) is 1.26. The van der Waals surface area contributed by atoms with Crippen LogP contribution < -0.4 is 9.64 Å². The Balaban J connectivity index is 1.37. The number of carbonyl (C=O) groups is 2. The fraction of sp³-hybridized carbons (Fsp3) is 0.355. The van der Waals surface area contributed by atoms with E-state index in [2.05, 4.69) is 11.1 Å². The maximum atomic E-state index is 14.3. The minimum Gasteiger partial charge on any atom is -0.410 e. The molecule has 218 valence electrons. The normalized spacial score (nSPS) is 22.0. The lowest BCUT2D eigenvalue weighted by Crippen LogP contribution is -2.48. The summed E-state index contributed by atoms with van der Waals surface area (Å²) < 4.78 is 46.9. The van der Waals surface area contributed by atoms with E-state index in [0.717, 1.165) is 17.8 Å². The molecule has 3 heterocycles. The van der Waals surface area contributed by atoms with Crippen molar-refractivity contribution in [2.24, 2.45) is 5.92 Å². The van der Waals surface area contributed by atoms with E-state index in [0.29, 0.717) is 24.9 Å². The van der Waals surface area contributed by atoms with Crippen molar-refractivity contribution in [1.29, 1.82) is 5.26 Å². The predicted octanol–water partition coefficient (Wildman–Crippen LogP) is 5.12. The Morgan fingerprint density at radius 1 is 1.10 bits per heavy atom. The third kappa shape index (κ3) is 6.03. The quantitative estimate of drug-likeness (QED) is 0.404. The lowest BCUT2D eigenvalue weighted by atomic mass is 9.89. The number of rotatable bonds is 6. The largest absolute Gasteiger partial charge is 0.415 e. The molecule has 11 heteroatoms. The summed E-state index contributed by atoms with van der Waals surface area (Å²) in [5.74, 6) is -3.44. The van der Waals surface area contributed by atoms with Gasteiger partial charge in [0, 0.05) is 44.2 Å². The number of amides is 2. The van der Waals surface area contributed by atoms with Crippen LogP contribution in [0.5, 0.6) is 5.75 Å². The topological polar surface area (TPSA) is 89.8 Å². The molecule has 0 bridgehead atoms. The first kappa shape index (κ1) is 28.9. The van der Waals surface area contributed by atoms with Gasteiger partial charge in [0.25, 0.3) is 0 Å². The van der Waals surface area contributed by atoms with Crippen molar-refractivity contribution in [1.82, 2.24) is 14.8 Å². The van der Waals surface area contributed by atoms with E-state index in [4.69, 9.17) is 4.74 Å². The molecule has 8 nitrogen and oxygen atoms in total. The molecule has 2 aromatic carbocycles. The number of piperidine rings is 1. The summed E-state index contributed by atoms with van der Waals surface area (Å²) in [6.45, 7) is 2.79. The average Bonchev–Trinajstić information content (AvgIpc) is 3.44. The van der Waals surface area contributed by atoms with Crippen molar-refractivity contribution in [3.05, 3.63) is 90.0 Å². The molecule has 0 spiro atoms. The number of carbonyl (C=O) groups excluding carboxylic acids is 2. The van der Waals surface area contributed by atoms with Crippen LogP contribution in [0.3, 0.4) is 0 Å². The molecular formula is C31H30F3N5O3. The highest BCUT2D eigenvalue weighted by molar-refractivity contribution is 5.80. The number of likely N-dealkylation sites (N-methyl/N-ethyl adjacent to an activating group) is 1. The molecule has 2 saturated heterocycles. The second kappa shape index (κ2) is 12.5. The molecule has 5 rings (SSSR count). The zero-order chi connectivity index (χ0) is 29.8. The van der Waals surface area contributed by atoms with Gasteiger partial charge in [0.15, 0.2) is 11.6 Å². The Hall–Kier alpha value is -4.59. The number of hydrogen-bond acceptors (Lipinski definition) is 6. The molecule has 0 saturated carbocycles. The van der Waals surface area contributed by atoms with Crippen molar-refractivity contribution < 1.29 is 27.5 Å². The highest BCUT2D eigenvalue weighted by Crippen LogP contribution is 2.36. The van der Waals surface area contributed by atoms with Gasteiger partial charge in [0.2, 0.25) is 5.91 Å². The minimum absolute atomic E-state index is 0.148. The van der Waals surface area contributed by atoms with Gasteiger partial charge in [-0.3, -0.25) is 9.78 Å². The molecule has 2 amide bonds. The van der Waals surface area contributed by atoms with Gasteiger partial charge >= 0.3 is 6.09 Å². The standard InChI is InChI=1S/C31H30F3N5O3/c1-2-38(31(41)42-25-8-6-22(32)7-9-25)29-19-37(18-26(29)20-5-10-27(33)28(34)15-20)30(40)21-11-13-39(24(14-21)16-35)23-4-3-12-36-17-23/h3-10,12,15,17,21,24,26,29H,2,11,13-14,18-19H2,1H3/t21?,24?,26-,29+/m0/s1. The van der Waals surface area contributed by atoms with Gasteiger partial charge in [0.05, 0.1) is 24.0 Å². The molecule has 2 fully saturated rings. The number of nitriles is 1. The molecule has 3 aromatic rings. The van der Waals surface area contributed by atoms with Gasteiger partial charge in [-0.1, -0.05) is 6.07 Å². The lowest BCUT2D eigenvalue weighted by molar-refractivity contribution is -0.135. The van der Waals surface area contributed by atoms with Crippen molar-refractivity contribution in [2.45, 2.75) is 37.8 Å². The lowest BCUT2D eigenvalue weighted by Gasteiger charge is -2.38. The SMILES string of the molecule is CCN(C(=O)Oc1ccc(F)cc1)[C@@H]1CN(C(=O)C2CCN(c3cccnc3)C(C#N)C2)C[C@H]1c1ccc(F)c(F)c1. The van der Waals surface area contributed by atoms with Crippen molar-refractivity contribution in [3.8, 4) is 11.8 Å². The maximum absolute atomic E-state index is 14.3. The van der Waals surface area contributed by atoms with Gasteiger partial charge in [-0.15, -0.1) is 0 Å². The number of aromatic nitrogens is 1. The number of ether oxygens (including phenoxy) is 1. The van der Waals surface area contributed by atoms with Crippen molar-refractivity contribution in [2.75, 3.05) is 31.1 Å². The second-order valence-electron chi connectivity index (χ2n) is 10.5. The Kier molecular flexibility index (Phi) is 8.61. The predicted molar refractivity (Wildman–Crippen MR) is 148 cm³/mol. The van der Waals surface area contributed by atoms with E-state index in [9.17, 15) is 28.0 Å². The number of anilines is 1. The Morgan fingerprint density at radius 3 is 2.55 bits per heavy atom. The van der Waals surface area contributed by atoms with Crippen LogP contribution in [0.25, 0.3) is 0 Å². The van der Waals surface area contributed by atoms with E-state index in [1.165, 1.54) is 35.2 Å². The highest BCUT2D eigenvalue weighted by atomic mass is 19.2. The van der Waals surface area contributed by atoms with Crippen molar-refractivity contribution >= 4 is 17.7 Å². The molecule has 2 aliphatic rings. The first-order valence-corrected chi connectivity index (χ1v) is 13.8. The van der Waals surface area contributed by atoms with E-state index < -0.39 is 47.5 Å². The number of likely N-dealkylation sites (tertiary alicyclic amines) is 1. The summed E-state index contributed by atoms with van der Waals surface area (Å²) in [6, 6.07) is 13.5. The molecule has 42 heavy (non-hydrogen) atoms. The minimum atomic E-state index is -1.02. The summed E-state index contributed by atoms with van der Waals surface area (Å²) in [7, 11) is 0. The number of pyridine rings is 1. The Morgan fingerprint density at radius 2 is 1.88 bits per heavy atom. The van der Waals surface area contributed by atoms with E-state index in [-0.39, 0.29) is 31.3 Å². The first-order chi connectivity index (χ1) is 20.3. The zero-order valence-electron chi connectivity index (χ0n) is 23.0.